The van der Waals surface area contributed by atoms with E-state index in [9.17, 15) is 19.2 Å². The summed E-state index contributed by atoms with van der Waals surface area (Å²) < 4.78 is 6.34. The first-order valence-corrected chi connectivity index (χ1v) is 24.4. The lowest BCUT2D eigenvalue weighted by atomic mass is 9.77. The Kier molecular flexibility index (Phi) is 14.3. The van der Waals surface area contributed by atoms with Crippen molar-refractivity contribution in [1.29, 1.82) is 0 Å². The van der Waals surface area contributed by atoms with E-state index < -0.39 is 40.8 Å². The number of thiol groups is 1. The molecule has 350 valence electrons. The molecule has 7 aromatic rings. The van der Waals surface area contributed by atoms with Gasteiger partial charge in [0.05, 0.1) is 5.69 Å². The summed E-state index contributed by atoms with van der Waals surface area (Å²) in [6.07, 6.45) is 0.822. The second-order valence-electron chi connectivity index (χ2n) is 16.0. The maximum absolute atomic E-state index is 14.7. The van der Waals surface area contributed by atoms with E-state index in [4.69, 9.17) is 27.2 Å². The topological polar surface area (TPSA) is 177 Å². The number of amides is 3. The number of benzene rings is 5. The number of anilines is 2. The van der Waals surface area contributed by atoms with Gasteiger partial charge in [0, 0.05) is 23.0 Å². The molecule has 3 N–H and O–H groups in total. The van der Waals surface area contributed by atoms with Crippen LogP contribution in [0.3, 0.4) is 0 Å². The number of hydrogen-bond acceptors (Lipinski definition) is 14. The van der Waals surface area contributed by atoms with Gasteiger partial charge in [-0.25, -0.2) is 9.78 Å². The standard InChI is InChI=1S/C53H44N8O6S3/c1-33(62)54-43-29-28-40(58-59-43)42(68)30-36-31-69-50-45(49(64)61(50)46(36)51(65)67-47(34-18-8-3-9-19-34)35-20-10-4-11-21-35)56-48(63)44(60-66-2)41-32-70-52(55-41)57-53(37-22-12-5-13-23-37,38-24-14-6-15-25-38)39-26-16-7-17-27-39/h3-30,32,45,47,50,68H,31H2,1-2H3,(H,55,57)(H,56,63)(H,54,59,62). The first kappa shape index (κ1) is 47.2. The number of carbonyl (C=O) groups excluding carboxylic acids is 4. The van der Waals surface area contributed by atoms with Crippen molar-refractivity contribution in [3.05, 3.63) is 226 Å². The van der Waals surface area contributed by atoms with Gasteiger partial charge in [-0.3, -0.25) is 19.3 Å². The van der Waals surface area contributed by atoms with E-state index in [-0.39, 0.29) is 34.6 Å². The van der Waals surface area contributed by atoms with Crippen molar-refractivity contribution in [1.82, 2.24) is 25.4 Å². The van der Waals surface area contributed by atoms with Crippen LogP contribution in [0.1, 0.15) is 52.2 Å². The highest BCUT2D eigenvalue weighted by atomic mass is 32.2. The van der Waals surface area contributed by atoms with Crippen molar-refractivity contribution < 1.29 is 28.8 Å². The average Bonchev–Trinajstić information content (AvgIpc) is 3.86. The van der Waals surface area contributed by atoms with E-state index in [1.54, 1.807) is 23.6 Å². The summed E-state index contributed by atoms with van der Waals surface area (Å²) in [5.74, 6) is -1.84. The number of carbonyl (C=O) groups is 4. The fraction of sp³-hybridized carbons (Fsp3) is 0.132. The van der Waals surface area contributed by atoms with Crippen molar-refractivity contribution >= 4 is 81.0 Å². The number of oxime groups is 1. The summed E-state index contributed by atoms with van der Waals surface area (Å²) >= 11 is 7.36. The number of aromatic nitrogens is 3. The summed E-state index contributed by atoms with van der Waals surface area (Å²) in [6, 6.07) is 50.9. The number of nitrogens with one attached hydrogen (secondary N) is 3. The Morgan fingerprint density at radius 2 is 1.34 bits per heavy atom. The van der Waals surface area contributed by atoms with E-state index >= 15 is 0 Å². The summed E-state index contributed by atoms with van der Waals surface area (Å²) in [5, 5.41) is 23.0. The summed E-state index contributed by atoms with van der Waals surface area (Å²) in [7, 11) is 1.33. The maximum Gasteiger partial charge on any atom is 0.356 e. The maximum atomic E-state index is 14.7. The van der Waals surface area contributed by atoms with Crippen LogP contribution in [-0.4, -0.2) is 73.8 Å². The largest absolute Gasteiger partial charge is 0.448 e. The third-order valence-corrected chi connectivity index (χ3v) is 13.9. The Hall–Kier alpha value is -7.86. The van der Waals surface area contributed by atoms with Crippen LogP contribution in [0.5, 0.6) is 0 Å². The van der Waals surface area contributed by atoms with Crippen LogP contribution in [0.15, 0.2) is 192 Å². The number of thioether (sulfide) groups is 1. The molecule has 14 nitrogen and oxygen atoms in total. The van der Waals surface area contributed by atoms with E-state index in [2.05, 4.69) is 67.7 Å². The minimum Gasteiger partial charge on any atom is -0.448 e. The minimum absolute atomic E-state index is 0.00906. The monoisotopic (exact) mass is 984 g/mol. The molecule has 2 aliphatic rings. The third kappa shape index (κ3) is 9.85. The number of ether oxygens (including phenoxy) is 1. The third-order valence-electron chi connectivity index (χ3n) is 11.5. The lowest BCUT2D eigenvalue weighted by Gasteiger charge is -2.49. The molecule has 70 heavy (non-hydrogen) atoms. The van der Waals surface area contributed by atoms with Crippen LogP contribution in [0.2, 0.25) is 0 Å². The van der Waals surface area contributed by atoms with Gasteiger partial charge in [0.25, 0.3) is 11.8 Å². The molecule has 2 atom stereocenters. The van der Waals surface area contributed by atoms with Crippen molar-refractivity contribution in [3.63, 3.8) is 0 Å². The molecule has 0 radical (unpaired) electrons. The number of rotatable bonds is 16. The molecule has 9 rings (SSSR count). The second kappa shape index (κ2) is 21.2. The zero-order valence-corrected chi connectivity index (χ0v) is 40.2. The molecule has 0 spiro atoms. The Morgan fingerprint density at radius 1 is 0.786 bits per heavy atom. The lowest BCUT2D eigenvalue weighted by Crippen LogP contribution is -2.71. The van der Waals surface area contributed by atoms with Crippen LogP contribution < -0.4 is 16.0 Å². The first-order chi connectivity index (χ1) is 34.1. The second-order valence-corrected chi connectivity index (χ2v) is 18.4. The molecule has 4 heterocycles. The number of thiazole rings is 1. The predicted octanol–water partition coefficient (Wildman–Crippen LogP) is 8.60. The van der Waals surface area contributed by atoms with Crippen molar-refractivity contribution in [3.8, 4) is 0 Å². The highest BCUT2D eigenvalue weighted by molar-refractivity contribution is 8.00. The zero-order valence-electron chi connectivity index (χ0n) is 37.6. The van der Waals surface area contributed by atoms with Gasteiger partial charge in [0.15, 0.2) is 22.8 Å². The van der Waals surface area contributed by atoms with E-state index in [1.165, 1.54) is 42.0 Å². The van der Waals surface area contributed by atoms with Gasteiger partial charge < -0.3 is 25.5 Å². The number of β-lactam (4-membered cyclic amide) rings is 1. The smallest absolute Gasteiger partial charge is 0.356 e. The van der Waals surface area contributed by atoms with E-state index in [1.807, 2.05) is 115 Å². The molecule has 3 amide bonds. The van der Waals surface area contributed by atoms with Gasteiger partial charge in [-0.15, -0.1) is 45.9 Å². The molecule has 1 saturated heterocycles. The number of allylic oxidation sites excluding steroid dienone is 1. The highest BCUT2D eigenvalue weighted by Crippen LogP contribution is 2.44. The van der Waals surface area contributed by atoms with Crippen LogP contribution in [0.25, 0.3) is 4.91 Å². The van der Waals surface area contributed by atoms with Crippen LogP contribution >= 0.6 is 35.7 Å². The highest BCUT2D eigenvalue weighted by Gasteiger charge is 2.55. The molecule has 5 aromatic carbocycles. The Morgan fingerprint density at radius 3 is 1.86 bits per heavy atom. The molecule has 2 aromatic heterocycles. The number of nitrogens with zero attached hydrogens (tertiary/aromatic N) is 5. The lowest BCUT2D eigenvalue weighted by molar-refractivity contribution is -0.154. The molecular formula is C53H44N8O6S3. The van der Waals surface area contributed by atoms with Crippen molar-refractivity contribution in [2.75, 3.05) is 23.5 Å². The Balaban J connectivity index is 1.01. The normalized spacial score (nSPS) is 15.9. The zero-order chi connectivity index (χ0) is 48.6. The van der Waals surface area contributed by atoms with Gasteiger partial charge in [-0.2, -0.15) is 0 Å². The molecule has 2 aliphatic heterocycles. The minimum atomic E-state index is -1.06. The SMILES string of the molecule is CON=C(C(=O)NC1C(=O)N2C(C(=O)OC(c3ccccc3)c3ccccc3)=C(C=C(S)c3ccc(NC(C)=O)nn3)CSC12)c1csc(NC(c2ccccc2)(c2ccccc2)c2ccccc2)n1. The van der Waals surface area contributed by atoms with Crippen LogP contribution in [-0.2, 0) is 34.3 Å². The molecule has 1 fully saturated rings. The quantitative estimate of drug-likeness (QED) is 0.0182. The number of esters is 1. The predicted molar refractivity (Wildman–Crippen MR) is 275 cm³/mol. The van der Waals surface area contributed by atoms with Gasteiger partial charge in [0.2, 0.25) is 5.91 Å². The molecule has 0 aliphatic carbocycles. The molecular weight excluding hydrogens is 941 g/mol. The van der Waals surface area contributed by atoms with Crippen LogP contribution in [0.4, 0.5) is 10.9 Å². The van der Waals surface area contributed by atoms with Gasteiger partial charge >= 0.3 is 5.97 Å². The Labute approximate surface area is 417 Å². The summed E-state index contributed by atoms with van der Waals surface area (Å²) in [4.78, 5) is 66.8. The number of fused-ring (bicyclic) bond motifs is 1. The molecule has 2 unspecified atom stereocenters. The van der Waals surface area contributed by atoms with Gasteiger partial charge in [-0.05, 0) is 51.6 Å². The van der Waals surface area contributed by atoms with E-state index in [0.717, 1.165) is 27.8 Å². The first-order valence-electron chi connectivity index (χ1n) is 22.0. The fourth-order valence-electron chi connectivity index (χ4n) is 8.33. The number of hydrogen-bond donors (Lipinski definition) is 4. The summed E-state index contributed by atoms with van der Waals surface area (Å²) in [5.41, 5.74) is 4.31. The van der Waals surface area contributed by atoms with Gasteiger partial charge in [0.1, 0.15) is 35.5 Å². The van der Waals surface area contributed by atoms with E-state index in [0.29, 0.717) is 21.3 Å². The molecule has 0 bridgehead atoms. The van der Waals surface area contributed by atoms with Crippen LogP contribution in [0, 0.1) is 0 Å². The molecule has 17 heteroatoms. The Bertz CT molecular complexity index is 2970. The summed E-state index contributed by atoms with van der Waals surface area (Å²) in [6.45, 7) is 1.37. The van der Waals surface area contributed by atoms with Gasteiger partial charge in [-0.1, -0.05) is 157 Å². The average molecular weight is 985 g/mol. The molecule has 0 saturated carbocycles. The van der Waals surface area contributed by atoms with Crippen molar-refractivity contribution in [2.24, 2.45) is 5.16 Å². The fourth-order valence-corrected chi connectivity index (χ4v) is 10.7. The van der Waals surface area contributed by atoms with Crippen molar-refractivity contribution in [2.45, 2.75) is 30.0 Å².